The van der Waals surface area contributed by atoms with Crippen molar-refractivity contribution in [3.05, 3.63) is 22.7 Å². The fourth-order valence-corrected chi connectivity index (χ4v) is 1.94. The highest BCUT2D eigenvalue weighted by atomic mass is 35.5. The number of hydrogen-bond donors (Lipinski definition) is 1. The van der Waals surface area contributed by atoms with Gasteiger partial charge in [0.15, 0.2) is 11.5 Å². The Morgan fingerprint density at radius 2 is 2.18 bits per heavy atom. The lowest BCUT2D eigenvalue weighted by atomic mass is 10.1. The van der Waals surface area contributed by atoms with Crippen molar-refractivity contribution in [3.8, 4) is 11.5 Å². The Balaban J connectivity index is 2.34. The molecule has 1 aliphatic heterocycles. The van der Waals surface area contributed by atoms with E-state index in [2.05, 4.69) is 0 Å². The SMILES string of the molecule is O=CCC(O)c1cc(Cl)c2c(c1)OCCCO2. The molecule has 1 aromatic rings. The number of fused-ring (bicyclic) bond motifs is 1. The minimum atomic E-state index is -0.859. The van der Waals surface area contributed by atoms with Gasteiger partial charge in [0.1, 0.15) is 6.29 Å². The highest BCUT2D eigenvalue weighted by molar-refractivity contribution is 6.32. The van der Waals surface area contributed by atoms with Crippen LogP contribution >= 0.6 is 11.6 Å². The van der Waals surface area contributed by atoms with Gasteiger partial charge in [-0.1, -0.05) is 11.6 Å². The van der Waals surface area contributed by atoms with Gasteiger partial charge in [0, 0.05) is 12.8 Å². The van der Waals surface area contributed by atoms with Gasteiger partial charge in [-0.05, 0) is 17.7 Å². The van der Waals surface area contributed by atoms with Gasteiger partial charge in [-0.25, -0.2) is 0 Å². The van der Waals surface area contributed by atoms with Crippen LogP contribution in [-0.2, 0) is 4.79 Å². The second-order valence-electron chi connectivity index (χ2n) is 3.80. The van der Waals surface area contributed by atoms with E-state index in [0.717, 1.165) is 6.42 Å². The maximum Gasteiger partial charge on any atom is 0.179 e. The van der Waals surface area contributed by atoms with Crippen LogP contribution in [0, 0.1) is 0 Å². The van der Waals surface area contributed by atoms with Gasteiger partial charge in [-0.2, -0.15) is 0 Å². The van der Waals surface area contributed by atoms with E-state index < -0.39 is 6.10 Å². The van der Waals surface area contributed by atoms with Gasteiger partial charge >= 0.3 is 0 Å². The number of halogens is 1. The van der Waals surface area contributed by atoms with Crippen LogP contribution in [0.25, 0.3) is 0 Å². The smallest absolute Gasteiger partial charge is 0.179 e. The third-order valence-electron chi connectivity index (χ3n) is 2.53. The maximum atomic E-state index is 10.4. The topological polar surface area (TPSA) is 55.8 Å². The summed E-state index contributed by atoms with van der Waals surface area (Å²) in [6.07, 6.45) is 0.636. The molecule has 1 aromatic carbocycles. The molecule has 5 heteroatoms. The number of benzene rings is 1. The Labute approximate surface area is 104 Å². The molecule has 17 heavy (non-hydrogen) atoms. The van der Waals surface area contributed by atoms with E-state index in [0.29, 0.717) is 41.6 Å². The van der Waals surface area contributed by atoms with Gasteiger partial charge in [0.25, 0.3) is 0 Å². The second kappa shape index (κ2) is 5.38. The summed E-state index contributed by atoms with van der Waals surface area (Å²) < 4.78 is 11.0. The minimum absolute atomic E-state index is 0.0377. The normalized spacial score (nSPS) is 16.1. The van der Waals surface area contributed by atoms with E-state index in [1.165, 1.54) is 0 Å². The number of hydrogen-bond acceptors (Lipinski definition) is 4. The lowest BCUT2D eigenvalue weighted by Crippen LogP contribution is -2.00. The van der Waals surface area contributed by atoms with Crippen molar-refractivity contribution >= 4 is 17.9 Å². The minimum Gasteiger partial charge on any atom is -0.489 e. The summed E-state index contributed by atoms with van der Waals surface area (Å²) >= 11 is 6.06. The van der Waals surface area contributed by atoms with Gasteiger partial charge in [-0.15, -0.1) is 0 Å². The predicted molar refractivity (Wildman–Crippen MR) is 62.7 cm³/mol. The van der Waals surface area contributed by atoms with Crippen molar-refractivity contribution < 1.29 is 19.4 Å². The number of aldehydes is 1. The first-order chi connectivity index (χ1) is 8.22. The Hall–Kier alpha value is -1.26. The molecule has 1 N–H and O–H groups in total. The van der Waals surface area contributed by atoms with Crippen LogP contribution in [0.5, 0.6) is 11.5 Å². The lowest BCUT2D eigenvalue weighted by Gasteiger charge is -2.13. The van der Waals surface area contributed by atoms with Crippen molar-refractivity contribution in [2.45, 2.75) is 18.9 Å². The molecule has 4 nitrogen and oxygen atoms in total. The summed E-state index contributed by atoms with van der Waals surface area (Å²) in [6, 6.07) is 3.27. The standard InChI is InChI=1S/C12H13ClO4/c13-9-6-8(10(15)2-3-14)7-11-12(9)17-5-1-4-16-11/h3,6-7,10,15H,1-2,4-5H2. The number of aliphatic hydroxyl groups is 1. The van der Waals surface area contributed by atoms with Crippen LogP contribution in [-0.4, -0.2) is 24.6 Å². The molecule has 0 amide bonds. The molecule has 0 radical (unpaired) electrons. The summed E-state index contributed by atoms with van der Waals surface area (Å²) in [7, 11) is 0. The van der Waals surface area contributed by atoms with Gasteiger partial charge in [-0.3, -0.25) is 0 Å². The van der Waals surface area contributed by atoms with E-state index >= 15 is 0 Å². The van der Waals surface area contributed by atoms with Gasteiger partial charge in [0.2, 0.25) is 0 Å². The number of aliphatic hydroxyl groups excluding tert-OH is 1. The zero-order chi connectivity index (χ0) is 12.3. The Morgan fingerprint density at radius 1 is 1.41 bits per heavy atom. The first kappa shape index (κ1) is 12.2. The van der Waals surface area contributed by atoms with Crippen LogP contribution < -0.4 is 9.47 Å². The van der Waals surface area contributed by atoms with E-state index in [1.807, 2.05) is 0 Å². The molecule has 0 aliphatic carbocycles. The molecule has 0 fully saturated rings. The van der Waals surface area contributed by atoms with Gasteiger partial charge < -0.3 is 19.4 Å². The molecule has 0 spiro atoms. The average molecular weight is 257 g/mol. The summed E-state index contributed by atoms with van der Waals surface area (Å²) in [4.78, 5) is 10.4. The Bertz CT molecular complexity index is 419. The largest absolute Gasteiger partial charge is 0.489 e. The molecule has 0 saturated carbocycles. The first-order valence-electron chi connectivity index (χ1n) is 5.43. The fourth-order valence-electron chi connectivity index (χ4n) is 1.67. The lowest BCUT2D eigenvalue weighted by molar-refractivity contribution is -0.109. The first-order valence-corrected chi connectivity index (χ1v) is 5.81. The number of rotatable bonds is 3. The number of carbonyl (C=O) groups is 1. The van der Waals surface area contributed by atoms with E-state index in [1.54, 1.807) is 12.1 Å². The third kappa shape index (κ3) is 2.70. The van der Waals surface area contributed by atoms with Gasteiger partial charge in [0.05, 0.1) is 24.3 Å². The molecule has 0 aromatic heterocycles. The van der Waals surface area contributed by atoms with Crippen LogP contribution in [0.3, 0.4) is 0 Å². The molecular weight excluding hydrogens is 244 g/mol. The molecular formula is C12H13ClO4. The zero-order valence-electron chi connectivity index (χ0n) is 9.19. The Kier molecular flexibility index (Phi) is 3.86. The van der Waals surface area contributed by atoms with Crippen molar-refractivity contribution in [2.75, 3.05) is 13.2 Å². The van der Waals surface area contributed by atoms with E-state index in [-0.39, 0.29) is 6.42 Å². The van der Waals surface area contributed by atoms with Crippen molar-refractivity contribution in [1.29, 1.82) is 0 Å². The zero-order valence-corrected chi connectivity index (χ0v) is 9.94. The summed E-state index contributed by atoms with van der Waals surface area (Å²) in [5.74, 6) is 1.03. The highest BCUT2D eigenvalue weighted by Gasteiger charge is 2.18. The molecule has 92 valence electrons. The predicted octanol–water partition coefficient (Wildman–Crippen LogP) is 2.12. The monoisotopic (exact) mass is 256 g/mol. The molecule has 2 rings (SSSR count). The van der Waals surface area contributed by atoms with Crippen LogP contribution in [0.2, 0.25) is 5.02 Å². The quantitative estimate of drug-likeness (QED) is 0.842. The highest BCUT2D eigenvalue weighted by Crippen LogP contribution is 2.39. The van der Waals surface area contributed by atoms with E-state index in [4.69, 9.17) is 21.1 Å². The van der Waals surface area contributed by atoms with E-state index in [9.17, 15) is 9.90 Å². The summed E-state index contributed by atoms with van der Waals surface area (Å²) in [6.45, 7) is 1.11. The summed E-state index contributed by atoms with van der Waals surface area (Å²) in [5, 5.41) is 10.1. The molecule has 1 aliphatic rings. The van der Waals surface area contributed by atoms with Crippen molar-refractivity contribution in [2.24, 2.45) is 0 Å². The molecule has 0 saturated heterocycles. The molecule has 1 atom stereocenters. The average Bonchev–Trinajstić information content (AvgIpc) is 2.54. The summed E-state index contributed by atoms with van der Waals surface area (Å²) in [5.41, 5.74) is 0.561. The van der Waals surface area contributed by atoms with Crippen molar-refractivity contribution in [1.82, 2.24) is 0 Å². The molecule has 1 heterocycles. The Morgan fingerprint density at radius 3 is 2.94 bits per heavy atom. The molecule has 0 bridgehead atoms. The third-order valence-corrected chi connectivity index (χ3v) is 2.81. The van der Waals surface area contributed by atoms with Crippen molar-refractivity contribution in [3.63, 3.8) is 0 Å². The fraction of sp³-hybridized carbons (Fsp3) is 0.417. The number of ether oxygens (including phenoxy) is 2. The molecule has 1 unspecified atom stereocenters. The second-order valence-corrected chi connectivity index (χ2v) is 4.21. The van der Waals surface area contributed by atoms with Crippen LogP contribution in [0.1, 0.15) is 24.5 Å². The maximum absolute atomic E-state index is 10.4. The van der Waals surface area contributed by atoms with Crippen LogP contribution in [0.15, 0.2) is 12.1 Å². The van der Waals surface area contributed by atoms with Crippen LogP contribution in [0.4, 0.5) is 0 Å². The number of carbonyl (C=O) groups excluding carboxylic acids is 1.